The van der Waals surface area contributed by atoms with Gasteiger partial charge in [0.1, 0.15) is 53.0 Å². The number of likely N-dealkylation sites (tertiary alicyclic amines) is 1. The second-order valence-electron chi connectivity index (χ2n) is 21.2. The molecule has 9 N–H and O–H groups in total. The molecule has 0 saturated carbocycles. The Bertz CT molecular complexity index is 2780. The van der Waals surface area contributed by atoms with Crippen LogP contribution in [0.5, 0.6) is 23.0 Å². The lowest BCUT2D eigenvalue weighted by Gasteiger charge is -2.39. The fourth-order valence-electron chi connectivity index (χ4n) is 11.3. The molecule has 92 heavy (non-hydrogen) atoms. The first-order chi connectivity index (χ1) is 44.5. The van der Waals surface area contributed by atoms with Gasteiger partial charge < -0.3 is 85.9 Å². The average Bonchev–Trinajstić information content (AvgIpc) is 1.43. The average molecular weight is 1320 g/mol. The van der Waals surface area contributed by atoms with E-state index in [0.717, 1.165) is 5.56 Å². The van der Waals surface area contributed by atoms with E-state index in [2.05, 4.69) is 27.6 Å². The lowest BCUT2D eigenvalue weighted by molar-refractivity contribution is -0.00709. The molecule has 0 aromatic heterocycles. The number of nitrogens with one attached hydrogen (secondary N) is 3. The molecule has 2 fully saturated rings. The highest BCUT2D eigenvalue weighted by atomic mass is 28.4. The van der Waals surface area contributed by atoms with Crippen LogP contribution in [0.25, 0.3) is 0 Å². The molecule has 0 aliphatic carbocycles. The Morgan fingerprint density at radius 3 is 1.24 bits per heavy atom. The molecule has 5 aromatic rings. The zero-order valence-corrected chi connectivity index (χ0v) is 57.0. The molecule has 0 radical (unpaired) electrons. The summed E-state index contributed by atoms with van der Waals surface area (Å²) in [6.45, 7) is 15.6. The van der Waals surface area contributed by atoms with Gasteiger partial charge in [-0.15, -0.1) is 0 Å². The quantitative estimate of drug-likeness (QED) is 0.00667. The van der Waals surface area contributed by atoms with Crippen molar-refractivity contribution in [2.24, 2.45) is 11.7 Å². The Hall–Kier alpha value is -6.90. The molecule has 24 nitrogen and oxygen atoms in total. The predicted octanol–water partition coefficient (Wildman–Crippen LogP) is 8.54. The van der Waals surface area contributed by atoms with Crippen LogP contribution in [0.2, 0.25) is 12.1 Å². The number of benzene rings is 5. The number of carbonyl (C=O) groups excluding carboxylic acids is 3. The molecule has 4 atom stereocenters. The summed E-state index contributed by atoms with van der Waals surface area (Å²) in [6.07, 6.45) is -1.16. The van der Waals surface area contributed by atoms with Gasteiger partial charge in [-0.05, 0) is 131 Å². The number of rotatable bonds is 34. The first-order valence-electron chi connectivity index (χ1n) is 31.3. The summed E-state index contributed by atoms with van der Waals surface area (Å²) in [5, 5.41) is 34.0. The van der Waals surface area contributed by atoms with Gasteiger partial charge in [0, 0.05) is 90.2 Å². The number of alkyl carbamates (subject to hydrolysis) is 2. The molecule has 7 rings (SSSR count). The van der Waals surface area contributed by atoms with E-state index >= 15 is 0 Å². The number of hydrazine groups is 1. The molecule has 2 heterocycles. The Balaban J connectivity index is 0.000000333. The number of hydrogen-bond donors (Lipinski definition) is 7. The molecule has 0 spiro atoms. The minimum atomic E-state index is -2.86. The van der Waals surface area contributed by atoms with Crippen LogP contribution in [0.4, 0.5) is 14.4 Å². The van der Waals surface area contributed by atoms with E-state index < -0.39 is 71.4 Å². The third-order valence-corrected chi connectivity index (χ3v) is 21.8. The van der Waals surface area contributed by atoms with E-state index in [4.69, 9.17) is 59.7 Å². The standard InChI is InChI=1S/C37H50N2O10Si.C29H44N2O8Si.H4N2/c1-6-46-50(47-7-2,48-8-3)24-12-23-38-35(40)49-33-25-34(39(26-33)36(41)45-27-28-13-10-9-11-14-28)37(42,29-15-19-31(43-4)20-16-29)30-17-21-32(44-5)22-18-30;1-6-36-40(37-7-2,38-8-3)19-9-18-30-28(32)39-26-20-27(31-21-26)29(33,22-10-14-24(34-4)15-11-22)23-12-16-25(35-5)17-13-23;1-2/h9-11,13-22,33-34,42H,6-8,12,23-27H2,1-5H3,(H,38,40);10-17,26-27,31,33H,6-9,18-21H2,1-5H3,(H,30,32);1-2H2/t33-,34+;26-,27+;/m11./s1. The topological polar surface area (TPSA) is 303 Å². The molecule has 0 unspecified atom stereocenters. The predicted molar refractivity (Wildman–Crippen MR) is 351 cm³/mol. The molecule has 2 aliphatic rings. The van der Waals surface area contributed by atoms with Gasteiger partial charge in [0.25, 0.3) is 0 Å². The van der Waals surface area contributed by atoms with Gasteiger partial charge in [0.05, 0.1) is 41.0 Å². The Morgan fingerprint density at radius 1 is 0.522 bits per heavy atom. The Kier molecular flexibility index (Phi) is 32.1. The SMILES string of the molecule is CCO[Si](CCCNC(=O)O[C@@H]1C[C@@H](C(O)(c2ccc(OC)cc2)c2ccc(OC)cc2)N(C(=O)OCc2ccccc2)C1)(OCC)OCC.CCO[Si](CCCNC(=O)O[C@H]1CN[C@H](C(O)(c2ccc(OC)cc2)c2ccc(OC)cc2)C1)(OCC)OCC.NN. The van der Waals surface area contributed by atoms with Gasteiger partial charge in [-0.25, -0.2) is 14.4 Å². The molecule has 2 saturated heterocycles. The van der Waals surface area contributed by atoms with Gasteiger partial charge in [-0.1, -0.05) is 78.9 Å². The van der Waals surface area contributed by atoms with Crippen LogP contribution >= 0.6 is 0 Å². The minimum absolute atomic E-state index is 0.00930. The number of nitrogens with two attached hydrogens (primary N) is 2. The first-order valence-corrected chi connectivity index (χ1v) is 35.2. The summed E-state index contributed by atoms with van der Waals surface area (Å²) >= 11 is 0. The minimum Gasteiger partial charge on any atom is -0.497 e. The third-order valence-electron chi connectivity index (χ3n) is 15.5. The highest BCUT2D eigenvalue weighted by molar-refractivity contribution is 6.61. The van der Waals surface area contributed by atoms with Crippen molar-refractivity contribution in [1.82, 2.24) is 20.9 Å². The van der Waals surface area contributed by atoms with Crippen molar-refractivity contribution in [2.75, 3.05) is 94.3 Å². The zero-order valence-electron chi connectivity index (χ0n) is 55.0. The molecule has 26 heteroatoms. The summed E-state index contributed by atoms with van der Waals surface area (Å²) in [4.78, 5) is 40.9. The molecule has 5 aromatic carbocycles. The maximum Gasteiger partial charge on any atom is 0.500 e. The van der Waals surface area contributed by atoms with Crippen LogP contribution in [0.15, 0.2) is 127 Å². The van der Waals surface area contributed by atoms with Gasteiger partial charge in [-0.3, -0.25) is 16.6 Å². The van der Waals surface area contributed by atoms with E-state index in [-0.39, 0.29) is 19.6 Å². The molecular formula is C66H98N6O18Si2. The molecule has 508 valence electrons. The van der Waals surface area contributed by atoms with Crippen molar-refractivity contribution < 1.29 is 84.3 Å². The third kappa shape index (κ3) is 21.1. The lowest BCUT2D eigenvalue weighted by atomic mass is 9.79. The summed E-state index contributed by atoms with van der Waals surface area (Å²) in [7, 11) is 0.719. The van der Waals surface area contributed by atoms with Crippen LogP contribution < -0.4 is 46.6 Å². The van der Waals surface area contributed by atoms with Crippen molar-refractivity contribution in [3.63, 3.8) is 0 Å². The normalized spacial score (nSPS) is 16.4. The van der Waals surface area contributed by atoms with Gasteiger partial charge >= 0.3 is 35.9 Å². The van der Waals surface area contributed by atoms with Crippen LogP contribution in [0.1, 0.15) is 95.0 Å². The second-order valence-corrected chi connectivity index (χ2v) is 26.6. The highest BCUT2D eigenvalue weighted by Gasteiger charge is 2.52. The number of aliphatic hydroxyl groups is 2. The fourth-order valence-corrected chi connectivity index (χ4v) is 16.5. The van der Waals surface area contributed by atoms with E-state index in [1.165, 1.54) is 4.90 Å². The van der Waals surface area contributed by atoms with Crippen molar-refractivity contribution in [2.45, 2.75) is 121 Å². The largest absolute Gasteiger partial charge is 0.500 e. The van der Waals surface area contributed by atoms with E-state index in [1.807, 2.05) is 120 Å². The highest BCUT2D eigenvalue weighted by Crippen LogP contribution is 2.43. The number of carbonyl (C=O) groups is 3. The number of methoxy groups -OCH3 is 4. The summed E-state index contributed by atoms with van der Waals surface area (Å²) in [6, 6.07) is 37.9. The smallest absolute Gasteiger partial charge is 0.497 e. The second kappa shape index (κ2) is 39.0. The maximum atomic E-state index is 13.8. The van der Waals surface area contributed by atoms with Crippen LogP contribution in [0, 0.1) is 0 Å². The fraction of sp³-hybridized carbons (Fsp3) is 0.500. The number of ether oxygens (including phenoxy) is 7. The van der Waals surface area contributed by atoms with Crippen molar-refractivity contribution >= 4 is 35.9 Å². The molecular weight excluding hydrogens is 1220 g/mol. The molecule has 0 bridgehead atoms. The Labute approximate surface area is 544 Å². The summed E-state index contributed by atoms with van der Waals surface area (Å²) in [5.41, 5.74) is 0.145. The van der Waals surface area contributed by atoms with Crippen molar-refractivity contribution in [3.05, 3.63) is 155 Å². The van der Waals surface area contributed by atoms with Crippen LogP contribution in [-0.2, 0) is 58.6 Å². The zero-order chi connectivity index (χ0) is 67.0. The number of amides is 3. The van der Waals surface area contributed by atoms with Crippen molar-refractivity contribution in [1.29, 1.82) is 0 Å². The Morgan fingerprint density at radius 2 is 0.880 bits per heavy atom. The number of nitrogens with zero attached hydrogens (tertiary/aromatic N) is 1. The monoisotopic (exact) mass is 1320 g/mol. The van der Waals surface area contributed by atoms with Gasteiger partial charge in [-0.2, -0.15) is 0 Å². The molecule has 2 aliphatic heterocycles. The van der Waals surface area contributed by atoms with Crippen LogP contribution in [-0.4, -0.2) is 170 Å². The van der Waals surface area contributed by atoms with Gasteiger partial charge in [0.15, 0.2) is 0 Å². The van der Waals surface area contributed by atoms with E-state index in [1.54, 1.807) is 77.0 Å². The van der Waals surface area contributed by atoms with E-state index in [0.29, 0.717) is 136 Å². The van der Waals surface area contributed by atoms with E-state index in [9.17, 15) is 24.6 Å². The molecule has 3 amide bonds. The summed E-state index contributed by atoms with van der Waals surface area (Å²) in [5.74, 6) is 10.6. The lowest BCUT2D eigenvalue weighted by Crippen LogP contribution is -2.50. The van der Waals surface area contributed by atoms with Crippen LogP contribution in [0.3, 0.4) is 0 Å². The van der Waals surface area contributed by atoms with Crippen molar-refractivity contribution in [3.8, 4) is 23.0 Å². The first kappa shape index (κ1) is 75.8. The summed E-state index contributed by atoms with van der Waals surface area (Å²) < 4.78 is 74.0. The number of hydrogen-bond acceptors (Lipinski definition) is 21. The van der Waals surface area contributed by atoms with Gasteiger partial charge in [0.2, 0.25) is 0 Å². The maximum absolute atomic E-state index is 13.8.